The highest BCUT2D eigenvalue weighted by Gasteiger charge is 2.33. The van der Waals surface area contributed by atoms with Gasteiger partial charge in [-0.2, -0.15) is 0 Å². The number of aryl methyl sites for hydroxylation is 1. The maximum Gasteiger partial charge on any atom is 0.213 e. The number of hydrogen-bond acceptors (Lipinski definition) is 3. The van der Waals surface area contributed by atoms with E-state index in [2.05, 4.69) is 38.4 Å². The topological polar surface area (TPSA) is 34.1 Å². The van der Waals surface area contributed by atoms with Gasteiger partial charge in [-0.05, 0) is 30.4 Å². The van der Waals surface area contributed by atoms with Gasteiger partial charge in [-0.1, -0.05) is 22.0 Å². The number of pyridine rings is 1. The van der Waals surface area contributed by atoms with Crippen LogP contribution < -0.4 is 10.1 Å². The summed E-state index contributed by atoms with van der Waals surface area (Å²) in [4.78, 5) is 4.36. The highest BCUT2D eigenvalue weighted by Crippen LogP contribution is 2.36. The van der Waals surface area contributed by atoms with Crippen molar-refractivity contribution in [2.45, 2.75) is 31.3 Å². The molecule has 2 unspecified atom stereocenters. The minimum Gasteiger partial charge on any atom is -0.481 e. The predicted molar refractivity (Wildman–Crippen MR) is 76.2 cm³/mol. The summed E-state index contributed by atoms with van der Waals surface area (Å²) in [7, 11) is 1.66. The Kier molecular flexibility index (Phi) is 3.39. The maximum absolute atomic E-state index is 5.22. The molecule has 2 bridgehead atoms. The van der Waals surface area contributed by atoms with Crippen LogP contribution >= 0.6 is 15.9 Å². The van der Waals surface area contributed by atoms with E-state index in [-0.39, 0.29) is 0 Å². The first-order valence-corrected chi connectivity index (χ1v) is 7.51. The van der Waals surface area contributed by atoms with E-state index in [0.717, 1.165) is 11.8 Å². The molecule has 2 aliphatic heterocycles. The van der Waals surface area contributed by atoms with Crippen molar-refractivity contribution >= 4 is 21.5 Å². The van der Waals surface area contributed by atoms with E-state index >= 15 is 0 Å². The van der Waals surface area contributed by atoms with Crippen LogP contribution in [0.5, 0.6) is 5.88 Å². The third-order valence-electron chi connectivity index (χ3n) is 3.79. The normalized spacial score (nSPS) is 25.3. The lowest BCUT2D eigenvalue weighted by molar-refractivity contribution is 0.397. The van der Waals surface area contributed by atoms with E-state index in [4.69, 9.17) is 4.74 Å². The number of ether oxygens (including phenoxy) is 1. The molecule has 0 spiro atoms. The molecule has 4 heteroatoms. The summed E-state index contributed by atoms with van der Waals surface area (Å²) in [5.41, 5.74) is 4.03. The standard InChI is InChI=1S/C14H17BrN2O/c1-18-14-6-9(4-5-15)12(8-16-14)11-7-10-2-3-13(11)17-10/h6-8,10,13,17H,2-5H2,1H3. The van der Waals surface area contributed by atoms with Crippen molar-refractivity contribution in [2.75, 3.05) is 12.4 Å². The molecule has 0 amide bonds. The Labute approximate surface area is 116 Å². The highest BCUT2D eigenvalue weighted by atomic mass is 79.9. The summed E-state index contributed by atoms with van der Waals surface area (Å²) < 4.78 is 5.22. The number of alkyl halides is 1. The second-order valence-corrected chi connectivity index (χ2v) is 5.64. The fraction of sp³-hybridized carbons (Fsp3) is 0.500. The van der Waals surface area contributed by atoms with Crippen molar-refractivity contribution in [3.63, 3.8) is 0 Å². The van der Waals surface area contributed by atoms with Gasteiger partial charge in [0.2, 0.25) is 5.88 Å². The van der Waals surface area contributed by atoms with E-state index in [9.17, 15) is 0 Å². The third-order valence-corrected chi connectivity index (χ3v) is 4.18. The van der Waals surface area contributed by atoms with E-state index < -0.39 is 0 Å². The number of hydrogen-bond donors (Lipinski definition) is 1. The number of halogens is 1. The molecule has 3 rings (SSSR count). The van der Waals surface area contributed by atoms with E-state index in [1.54, 1.807) is 7.11 Å². The number of aromatic nitrogens is 1. The van der Waals surface area contributed by atoms with Gasteiger partial charge in [0.15, 0.2) is 0 Å². The summed E-state index contributed by atoms with van der Waals surface area (Å²) in [5, 5.41) is 4.57. The molecule has 2 aliphatic rings. The first-order valence-electron chi connectivity index (χ1n) is 6.39. The lowest BCUT2D eigenvalue weighted by Gasteiger charge is -2.16. The van der Waals surface area contributed by atoms with Crippen molar-refractivity contribution < 1.29 is 4.74 Å². The molecule has 0 saturated carbocycles. The molecule has 0 aliphatic carbocycles. The molecule has 2 atom stereocenters. The van der Waals surface area contributed by atoms with Crippen LogP contribution in [0, 0.1) is 0 Å². The Hall–Kier alpha value is -0.870. The highest BCUT2D eigenvalue weighted by molar-refractivity contribution is 9.09. The van der Waals surface area contributed by atoms with Crippen LogP contribution in [0.2, 0.25) is 0 Å². The summed E-state index contributed by atoms with van der Waals surface area (Å²) >= 11 is 3.52. The Balaban J connectivity index is 1.98. The first-order chi connectivity index (χ1) is 8.81. The van der Waals surface area contributed by atoms with Gasteiger partial charge in [-0.3, -0.25) is 0 Å². The Morgan fingerprint density at radius 2 is 2.39 bits per heavy atom. The molecular formula is C14H17BrN2O. The van der Waals surface area contributed by atoms with Gasteiger partial charge < -0.3 is 10.1 Å². The van der Waals surface area contributed by atoms with Crippen LogP contribution in [0.25, 0.3) is 5.57 Å². The average Bonchev–Trinajstić information content (AvgIpc) is 3.01. The van der Waals surface area contributed by atoms with Gasteiger partial charge in [0.25, 0.3) is 0 Å². The number of methoxy groups -OCH3 is 1. The molecule has 0 radical (unpaired) electrons. The molecule has 3 nitrogen and oxygen atoms in total. The molecule has 1 saturated heterocycles. The predicted octanol–water partition coefficient (Wildman–Crippen LogP) is 2.55. The largest absolute Gasteiger partial charge is 0.481 e. The minimum absolute atomic E-state index is 0.527. The molecule has 1 aromatic rings. The van der Waals surface area contributed by atoms with Crippen LogP contribution in [0.1, 0.15) is 24.0 Å². The molecule has 1 aromatic heterocycles. The van der Waals surface area contributed by atoms with Crippen molar-refractivity contribution in [1.29, 1.82) is 0 Å². The van der Waals surface area contributed by atoms with Crippen molar-refractivity contribution in [3.8, 4) is 5.88 Å². The van der Waals surface area contributed by atoms with Gasteiger partial charge >= 0.3 is 0 Å². The lowest BCUT2D eigenvalue weighted by atomic mass is 9.91. The van der Waals surface area contributed by atoms with Gasteiger partial charge in [-0.25, -0.2) is 4.98 Å². The fourth-order valence-electron chi connectivity index (χ4n) is 2.91. The third kappa shape index (κ3) is 2.08. The summed E-state index contributed by atoms with van der Waals surface area (Å²) in [5.74, 6) is 0.700. The van der Waals surface area contributed by atoms with Crippen molar-refractivity contribution in [1.82, 2.24) is 10.3 Å². The van der Waals surface area contributed by atoms with Crippen LogP contribution in [-0.2, 0) is 6.42 Å². The molecule has 1 N–H and O–H groups in total. The van der Waals surface area contributed by atoms with E-state index in [1.807, 2.05) is 6.20 Å². The fourth-order valence-corrected chi connectivity index (χ4v) is 3.34. The van der Waals surface area contributed by atoms with Gasteiger partial charge in [0.05, 0.1) is 7.11 Å². The summed E-state index contributed by atoms with van der Waals surface area (Å²) in [6, 6.07) is 3.16. The van der Waals surface area contributed by atoms with Gasteiger partial charge in [0, 0.05) is 35.2 Å². The van der Waals surface area contributed by atoms with Crippen LogP contribution in [0.15, 0.2) is 18.3 Å². The molecular weight excluding hydrogens is 292 g/mol. The molecule has 0 aromatic carbocycles. The second-order valence-electron chi connectivity index (χ2n) is 4.85. The molecule has 3 heterocycles. The number of nitrogens with zero attached hydrogens (tertiary/aromatic N) is 1. The Bertz CT molecular complexity index is 487. The molecule has 1 fully saturated rings. The number of nitrogens with one attached hydrogen (secondary N) is 1. The summed E-state index contributed by atoms with van der Waals surface area (Å²) in [6.07, 6.45) is 7.85. The zero-order valence-corrected chi connectivity index (χ0v) is 12.0. The van der Waals surface area contributed by atoms with E-state index in [0.29, 0.717) is 18.0 Å². The monoisotopic (exact) mass is 308 g/mol. The SMILES string of the molecule is COc1cc(CCBr)c(C2=CC3CCC2N3)cn1. The van der Waals surface area contributed by atoms with Gasteiger partial charge in [-0.15, -0.1) is 0 Å². The smallest absolute Gasteiger partial charge is 0.213 e. The zero-order chi connectivity index (χ0) is 12.5. The quantitative estimate of drug-likeness (QED) is 0.868. The van der Waals surface area contributed by atoms with Crippen LogP contribution in [-0.4, -0.2) is 29.5 Å². The lowest BCUT2D eigenvalue weighted by Crippen LogP contribution is -2.21. The Morgan fingerprint density at radius 1 is 1.50 bits per heavy atom. The van der Waals surface area contributed by atoms with Crippen molar-refractivity contribution in [2.24, 2.45) is 0 Å². The van der Waals surface area contributed by atoms with Crippen molar-refractivity contribution in [3.05, 3.63) is 29.5 Å². The summed E-state index contributed by atoms with van der Waals surface area (Å²) in [6.45, 7) is 0. The number of fused-ring (bicyclic) bond motifs is 2. The van der Waals surface area contributed by atoms with E-state index in [1.165, 1.54) is 29.5 Å². The van der Waals surface area contributed by atoms with Gasteiger partial charge in [0.1, 0.15) is 0 Å². The second kappa shape index (κ2) is 5.02. The van der Waals surface area contributed by atoms with Crippen LogP contribution in [0.3, 0.4) is 0 Å². The van der Waals surface area contributed by atoms with Crippen LogP contribution in [0.4, 0.5) is 0 Å². The average molecular weight is 309 g/mol. The maximum atomic E-state index is 5.22. The molecule has 96 valence electrons. The molecule has 18 heavy (non-hydrogen) atoms. The minimum atomic E-state index is 0.527. The first kappa shape index (κ1) is 12.2. The zero-order valence-electron chi connectivity index (χ0n) is 10.4. The Morgan fingerprint density at radius 3 is 3.00 bits per heavy atom. The number of rotatable bonds is 4.